The van der Waals surface area contributed by atoms with E-state index in [0.717, 1.165) is 28.5 Å². The number of hydrogen-bond acceptors (Lipinski definition) is 22. The van der Waals surface area contributed by atoms with Crippen LogP contribution in [0.2, 0.25) is 0 Å². The van der Waals surface area contributed by atoms with Crippen molar-refractivity contribution in [2.24, 2.45) is 29.0 Å². The number of amides is 15. The highest BCUT2D eigenvalue weighted by atomic mass is 33.1. The summed E-state index contributed by atoms with van der Waals surface area (Å²) in [5, 5.41) is 65.5. The lowest BCUT2D eigenvalue weighted by atomic mass is 9.97. The number of carboxylic acids is 1. The molecule has 118 heavy (non-hydrogen) atoms. The molecule has 0 unspecified atom stereocenters. The number of nitrogens with two attached hydrogens (primary N) is 3. The molecule has 1 aliphatic heterocycles. The fraction of sp³-hybridized carbons (Fsp3) is 0.473. The van der Waals surface area contributed by atoms with E-state index in [1.54, 1.807) is 68.6 Å². The average Bonchev–Trinajstić information content (AvgIpc) is 1.67. The van der Waals surface area contributed by atoms with E-state index in [1.165, 1.54) is 52.0 Å². The maximum atomic E-state index is 15.1. The molecule has 1 aliphatic rings. The smallest absolute Gasteiger partial charge is 0.305 e. The van der Waals surface area contributed by atoms with Gasteiger partial charge in [-0.15, -0.1) is 0 Å². The number of hydrogen-bond donors (Lipinski definition) is 24. The molecule has 1 saturated heterocycles. The molecule has 0 bridgehead atoms. The number of para-hydroxylation sites is 2. The summed E-state index contributed by atoms with van der Waals surface area (Å²) >= 11 is 0. The fourth-order valence-electron chi connectivity index (χ4n) is 12.5. The first-order chi connectivity index (χ1) is 56.1. The number of fused-ring (bicyclic) bond motifs is 2. The SMILES string of the molecule is CC[C@H](C)[C@H](NC(C)=O)C(=O)N[C@H]1CSSC[C@@H](C(=O)N[C@H](C(N)=O)[C@H](C)O)NC(=O)[C@H](CCCNC(=N)N)NC(=O)[C@H](Cc2cnc[nH]2)NC(=O)[C@H](Cc2cnc[nH]2)NC(=O)CNC(=O)[C@H](Cc2c[nH]c3ccccc23)NC(=O)[C@H](CC(=O)O)NC(=O)[C@H](CCC(N)=O)NC(=O)[C@H](Cc2c[nH]c3ccccc23)NC(=O)[C@H](C(C)C)NC1=O. The first-order valence-electron chi connectivity index (χ1n) is 37.8. The number of benzene rings is 2. The number of carboxylic acid groups (broad SMARTS) is 1. The number of rotatable bonds is 27. The molecule has 5 heterocycles. The number of aliphatic hydroxyl groups is 1. The average molecular weight is 1680 g/mol. The maximum Gasteiger partial charge on any atom is 0.305 e. The van der Waals surface area contributed by atoms with Crippen LogP contribution in [0.4, 0.5) is 0 Å². The number of primary amides is 2. The Kier molecular flexibility index (Phi) is 35.3. The Hall–Kier alpha value is -12.6. The summed E-state index contributed by atoms with van der Waals surface area (Å²) in [6.07, 6.45) is 2.88. The second-order valence-electron chi connectivity index (χ2n) is 28.6. The van der Waals surface area contributed by atoms with Crippen LogP contribution in [0.1, 0.15) is 103 Å². The molecule has 27 N–H and O–H groups in total. The van der Waals surface area contributed by atoms with Gasteiger partial charge in [0.1, 0.15) is 72.5 Å². The largest absolute Gasteiger partial charge is 0.481 e. The summed E-state index contributed by atoms with van der Waals surface area (Å²) in [4.78, 5) is 248. The molecule has 1 fully saturated rings. The van der Waals surface area contributed by atoms with Crippen molar-refractivity contribution in [1.82, 2.24) is 104 Å². The third kappa shape index (κ3) is 28.4. The van der Waals surface area contributed by atoms with Gasteiger partial charge < -0.3 is 122 Å². The number of carbonyl (C=O) groups excluding carboxylic acids is 15. The quantitative estimate of drug-likeness (QED) is 0.00997. The Morgan fingerprint density at radius 3 is 1.58 bits per heavy atom. The van der Waals surface area contributed by atoms with Gasteiger partial charge >= 0.3 is 5.97 Å². The van der Waals surface area contributed by atoms with Crippen molar-refractivity contribution >= 4 is 144 Å². The zero-order chi connectivity index (χ0) is 86.4. The zero-order valence-electron chi connectivity index (χ0n) is 65.5. The standard InChI is InChI=1S/C74H102N24O18S2/c1-7-36(4)60(87-38(6)100)73(116)96-55-32-118-117-31-54(71(114)98-61(37(5)99)62(76)105)95-64(107)47(17-12-20-81-74(77)78)89-68(111)52(24-42-29-80-34-86-42)92-67(110)51(23-41-28-79-33-85-41)88-57(102)30-84-63(106)49(21-39-26-82-45-15-10-8-13-43(39)45)91-69(112)53(25-58(103)104)93-65(108)48(18-19-56(75)101)90-66(109)50(94-72(115)59(35(2)3)97-70(55)113)22-40-27-83-46-16-11-9-14-44(40)46/h8-11,13-16,26-29,33-37,47-55,59-61,82-83,99H,7,12,17-25,30-32H2,1-6H3,(H2,75,101)(H2,76,105)(H,79,85)(H,80,86)(H,84,106)(H,87,100)(H,88,102)(H,89,111)(H,90,109)(H,91,112)(H,92,110)(H,93,108)(H,94,115)(H,95,107)(H,96,116)(H,97,113)(H,98,114)(H,103,104)(H4,77,78,81)/t36-,37-,47-,48-,49-,50-,51-,52-,53-,54-,55-,59-,60-,61-/m0/s1. The minimum atomic E-state index is -2.08. The Balaban J connectivity index is 1.35. The van der Waals surface area contributed by atoms with Crippen molar-refractivity contribution in [1.29, 1.82) is 5.41 Å². The number of guanidine groups is 1. The predicted octanol–water partition coefficient (Wildman–Crippen LogP) is -4.71. The number of aromatic nitrogens is 6. The van der Waals surface area contributed by atoms with Crippen LogP contribution >= 0.6 is 21.6 Å². The molecule has 638 valence electrons. The summed E-state index contributed by atoms with van der Waals surface area (Å²) in [7, 11) is 1.63. The summed E-state index contributed by atoms with van der Waals surface area (Å²) in [5.41, 5.74) is 19.3. The Labute approximate surface area is 683 Å². The van der Waals surface area contributed by atoms with Gasteiger partial charge in [-0.1, -0.05) is 92.1 Å². The monoisotopic (exact) mass is 1680 g/mol. The molecule has 15 amide bonds. The van der Waals surface area contributed by atoms with Gasteiger partial charge in [-0.05, 0) is 61.3 Å². The maximum absolute atomic E-state index is 15.1. The van der Waals surface area contributed by atoms with E-state index >= 15 is 14.4 Å². The van der Waals surface area contributed by atoms with Crippen LogP contribution in [0.3, 0.4) is 0 Å². The van der Waals surface area contributed by atoms with Crippen LogP contribution in [0.5, 0.6) is 0 Å². The molecule has 14 atom stereocenters. The van der Waals surface area contributed by atoms with Crippen LogP contribution in [-0.4, -0.2) is 244 Å². The van der Waals surface area contributed by atoms with Gasteiger partial charge in [-0.25, -0.2) is 9.97 Å². The van der Waals surface area contributed by atoms with E-state index in [9.17, 15) is 72.5 Å². The number of aliphatic hydroxyl groups excluding tert-OH is 1. The Morgan fingerprint density at radius 2 is 1.07 bits per heavy atom. The molecule has 7 rings (SSSR count). The van der Waals surface area contributed by atoms with Gasteiger partial charge in [-0.3, -0.25) is 82.1 Å². The molecule has 0 aliphatic carbocycles. The first-order valence-corrected chi connectivity index (χ1v) is 40.3. The fourth-order valence-corrected chi connectivity index (χ4v) is 14.9. The number of aromatic amines is 4. The molecule has 42 nitrogen and oxygen atoms in total. The third-order valence-corrected chi connectivity index (χ3v) is 21.5. The highest BCUT2D eigenvalue weighted by Crippen LogP contribution is 2.26. The molecular formula is C74H102N24O18S2. The summed E-state index contributed by atoms with van der Waals surface area (Å²) in [5.74, 6) is -20.2. The highest BCUT2D eigenvalue weighted by Gasteiger charge is 2.40. The second kappa shape index (κ2) is 45.0. The first kappa shape index (κ1) is 92.6. The van der Waals surface area contributed by atoms with Crippen molar-refractivity contribution in [3.8, 4) is 0 Å². The number of nitrogens with one attached hydrogen (secondary N) is 19. The van der Waals surface area contributed by atoms with E-state index in [2.05, 4.69) is 104 Å². The number of aliphatic carboxylic acids is 1. The second-order valence-corrected chi connectivity index (χ2v) is 31.1. The molecule has 0 radical (unpaired) electrons. The summed E-state index contributed by atoms with van der Waals surface area (Å²) in [6.45, 7) is 7.81. The number of carbonyl (C=O) groups is 16. The van der Waals surface area contributed by atoms with Gasteiger partial charge in [0, 0.05) is 115 Å². The number of H-pyrrole nitrogens is 4. The minimum absolute atomic E-state index is 0.0213. The van der Waals surface area contributed by atoms with Gasteiger partial charge in [0.05, 0.1) is 31.7 Å². The van der Waals surface area contributed by atoms with Crippen LogP contribution in [0.25, 0.3) is 21.8 Å². The summed E-state index contributed by atoms with van der Waals surface area (Å²) in [6, 6.07) is -6.60. The van der Waals surface area contributed by atoms with Crippen LogP contribution in [-0.2, 0) is 102 Å². The van der Waals surface area contributed by atoms with Crippen molar-refractivity contribution < 1.29 is 86.9 Å². The van der Waals surface area contributed by atoms with Crippen LogP contribution < -0.4 is 91.6 Å². The van der Waals surface area contributed by atoms with Crippen LogP contribution in [0.15, 0.2) is 86.0 Å². The summed E-state index contributed by atoms with van der Waals surface area (Å²) < 4.78 is 0. The molecule has 44 heteroatoms. The number of imidazole rings is 2. The van der Waals surface area contributed by atoms with E-state index in [0.29, 0.717) is 39.4 Å². The topological polar surface area (TPSA) is 673 Å². The van der Waals surface area contributed by atoms with E-state index in [4.69, 9.17) is 22.6 Å². The lowest BCUT2D eigenvalue weighted by molar-refractivity contribution is -0.141. The Bertz CT molecular complexity index is 4560. The van der Waals surface area contributed by atoms with Crippen molar-refractivity contribution in [2.45, 2.75) is 184 Å². The van der Waals surface area contributed by atoms with E-state index in [1.807, 2.05) is 0 Å². The molecule has 0 spiro atoms. The number of nitrogens with zero attached hydrogens (tertiary/aromatic N) is 2. The zero-order valence-corrected chi connectivity index (χ0v) is 67.1. The molecule has 2 aromatic carbocycles. The van der Waals surface area contributed by atoms with Gasteiger partial charge in [-0.2, -0.15) is 0 Å². The predicted molar refractivity (Wildman–Crippen MR) is 430 cm³/mol. The van der Waals surface area contributed by atoms with Crippen molar-refractivity contribution in [3.05, 3.63) is 108 Å². The third-order valence-electron chi connectivity index (χ3n) is 19.1. The Morgan fingerprint density at radius 1 is 0.576 bits per heavy atom. The highest BCUT2D eigenvalue weighted by molar-refractivity contribution is 8.76. The molecule has 4 aromatic heterocycles. The lowest BCUT2D eigenvalue weighted by Crippen LogP contribution is -2.61. The van der Waals surface area contributed by atoms with Crippen LogP contribution in [0, 0.1) is 17.2 Å². The minimum Gasteiger partial charge on any atom is -0.481 e. The van der Waals surface area contributed by atoms with E-state index in [-0.39, 0.29) is 56.5 Å². The van der Waals surface area contributed by atoms with Crippen molar-refractivity contribution in [3.63, 3.8) is 0 Å². The van der Waals surface area contributed by atoms with Gasteiger partial charge in [0.2, 0.25) is 88.6 Å². The molecule has 0 saturated carbocycles. The van der Waals surface area contributed by atoms with Gasteiger partial charge in [0.25, 0.3) is 0 Å². The van der Waals surface area contributed by atoms with Crippen molar-refractivity contribution in [2.75, 3.05) is 24.6 Å². The normalized spacial score (nSPS) is 22.2. The lowest BCUT2D eigenvalue weighted by Gasteiger charge is -2.29. The molecule has 6 aromatic rings. The van der Waals surface area contributed by atoms with E-state index < -0.39 is 228 Å². The van der Waals surface area contributed by atoms with Gasteiger partial charge in [0.15, 0.2) is 5.96 Å². The molecular weight excluding hydrogens is 1580 g/mol.